The molecule has 0 atom stereocenters. The molecule has 3 aromatic heterocycles. The van der Waals surface area contributed by atoms with Crippen LogP contribution < -0.4 is 5.63 Å². The number of hydrogen-bond donors (Lipinski definition) is 0. The summed E-state index contributed by atoms with van der Waals surface area (Å²) in [7, 11) is 0. The minimum Gasteiger partial charge on any atom is -0.422 e. The first kappa shape index (κ1) is 17.5. The quantitative estimate of drug-likeness (QED) is 0.329. The highest BCUT2D eigenvalue weighted by Gasteiger charge is 2.14. The Morgan fingerprint density at radius 3 is 2.57 bits per heavy atom. The largest absolute Gasteiger partial charge is 0.422 e. The van der Waals surface area contributed by atoms with E-state index >= 15 is 0 Å². The van der Waals surface area contributed by atoms with E-state index in [0.29, 0.717) is 21.9 Å². The Morgan fingerprint density at radius 1 is 1.00 bits per heavy atom. The minimum atomic E-state index is -0.415. The fourth-order valence-electron chi connectivity index (χ4n) is 3.13. The van der Waals surface area contributed by atoms with Crippen LogP contribution in [0.15, 0.2) is 70.1 Å². The maximum Gasteiger partial charge on any atom is 0.345 e. The van der Waals surface area contributed by atoms with Gasteiger partial charge >= 0.3 is 5.63 Å². The molecule has 28 heavy (non-hydrogen) atoms. The van der Waals surface area contributed by atoms with Gasteiger partial charge in [-0.15, -0.1) is 11.3 Å². The maximum atomic E-state index is 12.4. The summed E-state index contributed by atoms with van der Waals surface area (Å²) >= 11 is 13.6. The van der Waals surface area contributed by atoms with E-state index in [0.717, 1.165) is 21.8 Å². The van der Waals surface area contributed by atoms with Crippen LogP contribution in [0.3, 0.4) is 0 Å². The molecule has 5 rings (SSSR count). The average Bonchev–Trinajstić information content (AvgIpc) is 3.22. The molecule has 0 spiro atoms. The molecular weight excluding hydrogens is 415 g/mol. The van der Waals surface area contributed by atoms with E-state index < -0.39 is 5.63 Å². The van der Waals surface area contributed by atoms with Gasteiger partial charge in [0.1, 0.15) is 5.58 Å². The van der Waals surface area contributed by atoms with Gasteiger partial charge in [0.25, 0.3) is 0 Å². The van der Waals surface area contributed by atoms with Gasteiger partial charge in [0.15, 0.2) is 4.96 Å². The number of fused-ring (bicyclic) bond motifs is 2. The number of thiazole rings is 1. The SMILES string of the molecule is O=c1oc2ccc(Cl)cc2cc1-c1cn2cc(Cc3ccc(Cl)cc3)sc2n1. The summed E-state index contributed by atoms with van der Waals surface area (Å²) in [4.78, 5) is 19.0. The van der Waals surface area contributed by atoms with Crippen LogP contribution in [0, 0.1) is 0 Å². The van der Waals surface area contributed by atoms with Gasteiger partial charge in [-0.25, -0.2) is 9.78 Å². The second kappa shape index (κ2) is 6.78. The molecule has 138 valence electrons. The van der Waals surface area contributed by atoms with Crippen molar-refractivity contribution in [1.82, 2.24) is 9.38 Å². The van der Waals surface area contributed by atoms with Crippen LogP contribution in [0.1, 0.15) is 10.4 Å². The highest BCUT2D eigenvalue weighted by molar-refractivity contribution is 7.17. The normalized spacial score (nSPS) is 11.5. The molecule has 0 amide bonds. The van der Waals surface area contributed by atoms with E-state index in [1.54, 1.807) is 35.6 Å². The van der Waals surface area contributed by atoms with Gasteiger partial charge in [0.2, 0.25) is 0 Å². The summed E-state index contributed by atoms with van der Waals surface area (Å²) in [6.07, 6.45) is 4.68. The van der Waals surface area contributed by atoms with Crippen molar-refractivity contribution in [3.8, 4) is 11.3 Å². The van der Waals surface area contributed by atoms with Crippen LogP contribution in [0.4, 0.5) is 0 Å². The van der Waals surface area contributed by atoms with Crippen molar-refractivity contribution in [2.45, 2.75) is 6.42 Å². The molecule has 0 N–H and O–H groups in total. The number of rotatable bonds is 3. The third-order valence-electron chi connectivity index (χ3n) is 4.47. The zero-order valence-electron chi connectivity index (χ0n) is 14.4. The summed E-state index contributed by atoms with van der Waals surface area (Å²) in [5.74, 6) is 0. The highest BCUT2D eigenvalue weighted by Crippen LogP contribution is 2.27. The molecule has 0 saturated carbocycles. The molecule has 0 aliphatic carbocycles. The molecule has 0 bridgehead atoms. The lowest BCUT2D eigenvalue weighted by Gasteiger charge is -2.00. The molecule has 0 aliphatic heterocycles. The predicted molar refractivity (Wildman–Crippen MR) is 114 cm³/mol. The molecule has 3 heterocycles. The Labute approximate surface area is 173 Å². The van der Waals surface area contributed by atoms with Gasteiger partial charge in [0.05, 0.1) is 11.3 Å². The van der Waals surface area contributed by atoms with Gasteiger partial charge in [-0.3, -0.25) is 4.40 Å². The van der Waals surface area contributed by atoms with E-state index in [9.17, 15) is 4.79 Å². The zero-order valence-corrected chi connectivity index (χ0v) is 16.7. The molecule has 7 heteroatoms. The second-order valence-electron chi connectivity index (χ2n) is 6.45. The fourth-order valence-corrected chi connectivity index (χ4v) is 4.43. The standard InChI is InChI=1S/C21H12Cl2N2O2S/c22-14-3-1-12(2-4-14)7-16-10-25-11-18(24-21(25)28-16)17-9-13-8-15(23)5-6-19(13)27-20(17)26/h1-6,8-11H,7H2. The van der Waals surface area contributed by atoms with E-state index in [-0.39, 0.29) is 0 Å². The summed E-state index contributed by atoms with van der Waals surface area (Å²) in [6.45, 7) is 0. The fraction of sp³-hybridized carbons (Fsp3) is 0.0476. The molecule has 0 radical (unpaired) electrons. The number of benzene rings is 2. The Morgan fingerprint density at radius 2 is 1.79 bits per heavy atom. The first-order valence-corrected chi connectivity index (χ1v) is 10.1. The Bertz CT molecular complexity index is 1350. The van der Waals surface area contributed by atoms with Crippen molar-refractivity contribution in [2.75, 3.05) is 0 Å². The van der Waals surface area contributed by atoms with E-state index in [1.807, 2.05) is 41.1 Å². The number of halogens is 2. The monoisotopic (exact) mass is 426 g/mol. The third-order valence-corrected chi connectivity index (χ3v) is 5.95. The van der Waals surface area contributed by atoms with Crippen LogP contribution in [0.25, 0.3) is 27.2 Å². The van der Waals surface area contributed by atoms with E-state index in [2.05, 4.69) is 4.98 Å². The molecule has 0 saturated heterocycles. The lowest BCUT2D eigenvalue weighted by Crippen LogP contribution is -2.02. The maximum absolute atomic E-state index is 12.4. The van der Waals surface area contributed by atoms with Crippen molar-refractivity contribution >= 4 is 50.5 Å². The number of aromatic nitrogens is 2. The minimum absolute atomic E-state index is 0.415. The second-order valence-corrected chi connectivity index (χ2v) is 8.41. The highest BCUT2D eigenvalue weighted by atomic mass is 35.5. The van der Waals surface area contributed by atoms with Crippen LogP contribution in [0.2, 0.25) is 10.0 Å². The van der Waals surface area contributed by atoms with Crippen molar-refractivity contribution in [1.29, 1.82) is 0 Å². The molecule has 4 nitrogen and oxygen atoms in total. The molecule has 0 aliphatic rings. The number of imidazole rings is 1. The van der Waals surface area contributed by atoms with E-state index in [1.165, 1.54) is 10.4 Å². The molecule has 2 aromatic carbocycles. The van der Waals surface area contributed by atoms with Gasteiger partial charge in [0, 0.05) is 39.1 Å². The number of nitrogens with zero attached hydrogens (tertiary/aromatic N) is 2. The zero-order chi connectivity index (χ0) is 19.3. The van der Waals surface area contributed by atoms with Crippen molar-refractivity contribution in [3.63, 3.8) is 0 Å². The van der Waals surface area contributed by atoms with Crippen molar-refractivity contribution in [2.24, 2.45) is 0 Å². The van der Waals surface area contributed by atoms with E-state index in [4.69, 9.17) is 27.6 Å². The van der Waals surface area contributed by atoms with Gasteiger partial charge in [-0.05, 0) is 42.0 Å². The Hall–Kier alpha value is -2.60. The molecule has 0 unspecified atom stereocenters. The van der Waals surface area contributed by atoms with Crippen molar-refractivity contribution < 1.29 is 4.42 Å². The molecule has 0 fully saturated rings. The lowest BCUT2D eigenvalue weighted by molar-refractivity contribution is 0.563. The Balaban J connectivity index is 1.51. The topological polar surface area (TPSA) is 47.5 Å². The van der Waals surface area contributed by atoms with Gasteiger partial charge in [-0.1, -0.05) is 35.3 Å². The summed E-state index contributed by atoms with van der Waals surface area (Å²) in [5, 5.41) is 2.08. The first-order valence-electron chi connectivity index (χ1n) is 8.51. The predicted octanol–water partition coefficient (Wildman–Crippen LogP) is 6.07. The lowest BCUT2D eigenvalue weighted by atomic mass is 10.1. The summed E-state index contributed by atoms with van der Waals surface area (Å²) in [6, 6.07) is 14.7. The average molecular weight is 427 g/mol. The van der Waals surface area contributed by atoms with Crippen molar-refractivity contribution in [3.05, 3.63) is 91.8 Å². The van der Waals surface area contributed by atoms with Crippen LogP contribution in [0.5, 0.6) is 0 Å². The Kier molecular flexibility index (Phi) is 4.23. The summed E-state index contributed by atoms with van der Waals surface area (Å²) < 4.78 is 7.35. The van der Waals surface area contributed by atoms with Crippen LogP contribution >= 0.6 is 34.5 Å². The van der Waals surface area contributed by atoms with Crippen LogP contribution in [-0.2, 0) is 6.42 Å². The smallest absolute Gasteiger partial charge is 0.345 e. The number of hydrogen-bond acceptors (Lipinski definition) is 4. The summed E-state index contributed by atoms with van der Waals surface area (Å²) in [5.41, 5.74) is 2.28. The van der Waals surface area contributed by atoms with Crippen LogP contribution in [-0.4, -0.2) is 9.38 Å². The molecule has 5 aromatic rings. The third kappa shape index (κ3) is 3.22. The molecular formula is C21H12Cl2N2O2S. The van der Waals surface area contributed by atoms with Gasteiger partial charge < -0.3 is 4.42 Å². The first-order chi connectivity index (χ1) is 13.5. The van der Waals surface area contributed by atoms with Gasteiger partial charge in [-0.2, -0.15) is 0 Å².